The van der Waals surface area contributed by atoms with E-state index in [1.54, 1.807) is 0 Å². The van der Waals surface area contributed by atoms with Crippen LogP contribution in [0, 0.1) is 6.92 Å². The Balaban J connectivity index is 1.29. The first-order valence-corrected chi connectivity index (χ1v) is 10.2. The predicted molar refractivity (Wildman–Crippen MR) is 106 cm³/mol. The Kier molecular flexibility index (Phi) is 5.54. The molecule has 2 aromatic rings. The van der Waals surface area contributed by atoms with Crippen LogP contribution >= 0.6 is 0 Å². The van der Waals surface area contributed by atoms with Crippen molar-refractivity contribution in [2.45, 2.75) is 58.3 Å². The lowest BCUT2D eigenvalue weighted by Gasteiger charge is -2.26. The summed E-state index contributed by atoms with van der Waals surface area (Å²) >= 11 is 0. The Hall–Kier alpha value is -1.87. The summed E-state index contributed by atoms with van der Waals surface area (Å²) in [6, 6.07) is 8.74. The molecule has 0 saturated heterocycles. The minimum absolute atomic E-state index is 1.03. The van der Waals surface area contributed by atoms with Gasteiger partial charge in [0.15, 0.2) is 0 Å². The Bertz CT molecular complexity index is 774. The van der Waals surface area contributed by atoms with Gasteiger partial charge in [-0.05, 0) is 68.7 Å². The molecule has 0 unspecified atom stereocenters. The van der Waals surface area contributed by atoms with E-state index in [4.69, 9.17) is 4.52 Å². The number of aromatic nitrogens is 1. The summed E-state index contributed by atoms with van der Waals surface area (Å²) < 4.78 is 5.67. The maximum atomic E-state index is 5.67. The number of fused-ring (bicyclic) bond motifs is 1. The van der Waals surface area contributed by atoms with Crippen molar-refractivity contribution < 1.29 is 4.52 Å². The molecule has 0 fully saturated rings. The van der Waals surface area contributed by atoms with Crippen molar-refractivity contribution in [3.63, 3.8) is 0 Å². The minimum Gasteiger partial charge on any atom is -0.361 e. The Labute approximate surface area is 157 Å². The molecule has 3 nitrogen and oxygen atoms in total. The Morgan fingerprint density at radius 1 is 1.08 bits per heavy atom. The molecule has 1 aromatic carbocycles. The number of benzene rings is 1. The molecule has 0 spiro atoms. The van der Waals surface area contributed by atoms with E-state index in [0.717, 1.165) is 51.1 Å². The molecule has 0 saturated carbocycles. The fourth-order valence-electron chi connectivity index (χ4n) is 4.38. The lowest BCUT2D eigenvalue weighted by molar-refractivity contribution is 0.290. The van der Waals surface area contributed by atoms with Crippen LogP contribution in [0.4, 0.5) is 0 Å². The molecule has 0 atom stereocenters. The van der Waals surface area contributed by atoms with Crippen LogP contribution in [0.3, 0.4) is 0 Å². The summed E-state index contributed by atoms with van der Waals surface area (Å²) in [6.07, 6.45) is 11.9. The first-order chi connectivity index (χ1) is 12.8. The zero-order chi connectivity index (χ0) is 17.8. The molecular formula is C23H30N2O. The minimum atomic E-state index is 1.03. The van der Waals surface area contributed by atoms with Gasteiger partial charge in [-0.15, -0.1) is 0 Å². The van der Waals surface area contributed by atoms with Crippen molar-refractivity contribution in [2.75, 3.05) is 19.6 Å². The van der Waals surface area contributed by atoms with E-state index in [2.05, 4.69) is 47.3 Å². The average Bonchev–Trinajstić information content (AvgIpc) is 2.89. The lowest BCUT2D eigenvalue weighted by atomic mass is 9.95. The highest BCUT2D eigenvalue weighted by molar-refractivity contribution is 5.69. The smallest absolute Gasteiger partial charge is 0.140 e. The average molecular weight is 351 g/mol. The van der Waals surface area contributed by atoms with E-state index in [1.165, 1.54) is 53.6 Å². The highest BCUT2D eigenvalue weighted by Gasteiger charge is 2.19. The normalized spacial score (nSPS) is 18.3. The summed E-state index contributed by atoms with van der Waals surface area (Å²) in [5.74, 6) is 1.16. The van der Waals surface area contributed by atoms with Crippen LogP contribution in [0.15, 0.2) is 34.9 Å². The van der Waals surface area contributed by atoms with Crippen LogP contribution in [0.25, 0.3) is 5.57 Å². The second-order valence-electron chi connectivity index (χ2n) is 7.79. The van der Waals surface area contributed by atoms with Gasteiger partial charge in [0.05, 0.1) is 5.69 Å². The quantitative estimate of drug-likeness (QED) is 0.713. The van der Waals surface area contributed by atoms with Gasteiger partial charge in [-0.3, -0.25) is 4.90 Å². The van der Waals surface area contributed by atoms with E-state index >= 15 is 0 Å². The molecule has 26 heavy (non-hydrogen) atoms. The van der Waals surface area contributed by atoms with Gasteiger partial charge in [0.2, 0.25) is 0 Å². The highest BCUT2D eigenvalue weighted by atomic mass is 16.5. The van der Waals surface area contributed by atoms with Gasteiger partial charge in [0.1, 0.15) is 5.76 Å². The summed E-state index contributed by atoms with van der Waals surface area (Å²) in [4.78, 5) is 2.57. The molecule has 1 aromatic heterocycles. The summed E-state index contributed by atoms with van der Waals surface area (Å²) in [5.41, 5.74) is 7.00. The van der Waals surface area contributed by atoms with Crippen LogP contribution in [-0.4, -0.2) is 29.7 Å². The molecule has 2 aliphatic rings. The van der Waals surface area contributed by atoms with E-state index in [1.807, 2.05) is 0 Å². The second-order valence-corrected chi connectivity index (χ2v) is 7.79. The van der Waals surface area contributed by atoms with Crippen molar-refractivity contribution in [2.24, 2.45) is 0 Å². The zero-order valence-corrected chi connectivity index (χ0v) is 16.0. The molecular weight excluding hydrogens is 320 g/mol. The second kappa shape index (κ2) is 8.22. The first-order valence-electron chi connectivity index (χ1n) is 10.2. The van der Waals surface area contributed by atoms with Gasteiger partial charge in [-0.2, -0.15) is 0 Å². The van der Waals surface area contributed by atoms with Crippen LogP contribution in [-0.2, 0) is 19.3 Å². The van der Waals surface area contributed by atoms with Crippen molar-refractivity contribution >= 4 is 5.57 Å². The third-order valence-corrected chi connectivity index (χ3v) is 5.95. The van der Waals surface area contributed by atoms with Crippen LogP contribution in [0.1, 0.15) is 60.2 Å². The molecule has 0 radical (unpaired) electrons. The van der Waals surface area contributed by atoms with Gasteiger partial charge in [-0.1, -0.05) is 41.9 Å². The topological polar surface area (TPSA) is 29.3 Å². The summed E-state index contributed by atoms with van der Waals surface area (Å²) in [7, 11) is 0. The molecule has 0 N–H and O–H groups in total. The summed E-state index contributed by atoms with van der Waals surface area (Å²) in [5, 5.41) is 4.34. The molecule has 2 heterocycles. The van der Waals surface area contributed by atoms with Gasteiger partial charge in [0.25, 0.3) is 0 Å². The van der Waals surface area contributed by atoms with Gasteiger partial charge in [0, 0.05) is 25.1 Å². The first kappa shape index (κ1) is 17.5. The van der Waals surface area contributed by atoms with Crippen LogP contribution in [0.5, 0.6) is 0 Å². The van der Waals surface area contributed by atoms with E-state index in [0.29, 0.717) is 0 Å². The van der Waals surface area contributed by atoms with Crippen LogP contribution in [0.2, 0.25) is 0 Å². The molecule has 138 valence electrons. The van der Waals surface area contributed by atoms with Gasteiger partial charge < -0.3 is 4.52 Å². The molecule has 0 bridgehead atoms. The van der Waals surface area contributed by atoms with Gasteiger partial charge in [-0.25, -0.2) is 0 Å². The van der Waals surface area contributed by atoms with Crippen molar-refractivity contribution in [1.82, 2.24) is 10.1 Å². The molecule has 1 aliphatic heterocycles. The number of aryl methyl sites for hydroxylation is 3. The third kappa shape index (κ3) is 3.93. The number of nitrogens with zero attached hydrogens (tertiary/aromatic N) is 2. The van der Waals surface area contributed by atoms with Crippen molar-refractivity contribution in [1.29, 1.82) is 0 Å². The third-order valence-electron chi connectivity index (χ3n) is 5.95. The zero-order valence-electron chi connectivity index (χ0n) is 16.0. The van der Waals surface area contributed by atoms with Crippen LogP contribution < -0.4 is 0 Å². The molecule has 3 heteroatoms. The Morgan fingerprint density at radius 2 is 1.96 bits per heavy atom. The number of rotatable bonds is 5. The monoisotopic (exact) mass is 350 g/mol. The molecule has 1 aliphatic carbocycles. The summed E-state index contributed by atoms with van der Waals surface area (Å²) in [6.45, 7) is 5.59. The maximum absolute atomic E-state index is 5.67. The van der Waals surface area contributed by atoms with E-state index in [-0.39, 0.29) is 0 Å². The largest absolute Gasteiger partial charge is 0.361 e. The van der Waals surface area contributed by atoms with Gasteiger partial charge >= 0.3 is 0 Å². The standard InChI is InChI=1S/C23H30N2O/c1-18-8-5-6-9-20(18)19-13-16-25(17-14-19)15-7-12-23-21-10-3-2-4-11-22(21)24-26-23/h5-6,8-9,13H,2-4,7,10-12,14-17H2,1H3. The SMILES string of the molecule is Cc1ccccc1C1=CCN(CCCc2onc3c2CCCCC3)CC1. The molecule has 0 amide bonds. The van der Waals surface area contributed by atoms with E-state index in [9.17, 15) is 0 Å². The van der Waals surface area contributed by atoms with E-state index < -0.39 is 0 Å². The fourth-order valence-corrected chi connectivity index (χ4v) is 4.38. The van der Waals surface area contributed by atoms with Crippen molar-refractivity contribution in [3.8, 4) is 0 Å². The lowest BCUT2D eigenvalue weighted by Crippen LogP contribution is -2.29. The number of hydrogen-bond acceptors (Lipinski definition) is 3. The maximum Gasteiger partial charge on any atom is 0.140 e. The Morgan fingerprint density at radius 3 is 2.81 bits per heavy atom. The highest BCUT2D eigenvalue weighted by Crippen LogP contribution is 2.26. The number of hydrogen-bond donors (Lipinski definition) is 0. The fraction of sp³-hybridized carbons (Fsp3) is 0.522. The predicted octanol–water partition coefficient (Wildman–Crippen LogP) is 4.97. The molecule has 4 rings (SSSR count). The van der Waals surface area contributed by atoms with Crippen molar-refractivity contribution in [3.05, 3.63) is 58.5 Å².